The Morgan fingerprint density at radius 2 is 2.13 bits per heavy atom. The van der Waals surface area contributed by atoms with Gasteiger partial charge in [0.1, 0.15) is 6.17 Å². The molecule has 1 aliphatic rings. The molecule has 2 N–H and O–H groups in total. The average Bonchev–Trinajstić information content (AvgIpc) is 2.44. The molecule has 1 amide bonds. The molecule has 0 aromatic rings. The Hall–Kier alpha value is -1.37. The maximum absolute atomic E-state index is 13.5. The van der Waals surface area contributed by atoms with Crippen LogP contribution in [0.5, 0.6) is 0 Å². The summed E-state index contributed by atoms with van der Waals surface area (Å²) in [5.41, 5.74) is 0. The van der Waals surface area contributed by atoms with E-state index in [0.717, 1.165) is 0 Å². The zero-order valence-electron chi connectivity index (χ0n) is 8.09. The van der Waals surface area contributed by atoms with Crippen LogP contribution in [0.2, 0.25) is 0 Å². The van der Waals surface area contributed by atoms with E-state index in [0.29, 0.717) is 4.90 Å². The SMILES string of the molecule is COCC1CN(C(=O)O)C(C(=O)O)C1F. The zero-order valence-corrected chi connectivity index (χ0v) is 8.09. The number of amides is 1. The summed E-state index contributed by atoms with van der Waals surface area (Å²) in [6.45, 7) is -0.143. The molecule has 1 aliphatic heterocycles. The van der Waals surface area contributed by atoms with Crippen molar-refractivity contribution < 1.29 is 28.9 Å². The molecule has 86 valence electrons. The third-order valence-electron chi connectivity index (χ3n) is 2.40. The molecule has 3 unspecified atom stereocenters. The maximum atomic E-state index is 13.5. The van der Waals surface area contributed by atoms with Crippen LogP contribution < -0.4 is 0 Å². The van der Waals surface area contributed by atoms with Gasteiger partial charge in [0.25, 0.3) is 0 Å². The largest absolute Gasteiger partial charge is 0.480 e. The van der Waals surface area contributed by atoms with E-state index in [2.05, 4.69) is 0 Å². The molecule has 1 fully saturated rings. The van der Waals surface area contributed by atoms with Crippen molar-refractivity contribution in [1.82, 2.24) is 4.90 Å². The van der Waals surface area contributed by atoms with Gasteiger partial charge in [-0.05, 0) is 0 Å². The van der Waals surface area contributed by atoms with Gasteiger partial charge >= 0.3 is 12.1 Å². The lowest BCUT2D eigenvalue weighted by Gasteiger charge is -2.17. The minimum absolute atomic E-state index is 0.00866. The van der Waals surface area contributed by atoms with Crippen LogP contribution in [0.3, 0.4) is 0 Å². The average molecular weight is 221 g/mol. The molecule has 0 spiro atoms. The van der Waals surface area contributed by atoms with E-state index in [1.54, 1.807) is 0 Å². The summed E-state index contributed by atoms with van der Waals surface area (Å²) in [5, 5.41) is 17.4. The fourth-order valence-corrected chi connectivity index (χ4v) is 1.72. The van der Waals surface area contributed by atoms with Gasteiger partial charge in [0, 0.05) is 19.6 Å². The number of ether oxygens (including phenoxy) is 1. The predicted octanol–water partition coefficient (Wildman–Crippen LogP) is 0.0339. The lowest BCUT2D eigenvalue weighted by molar-refractivity contribution is -0.143. The van der Waals surface area contributed by atoms with Gasteiger partial charge in [-0.2, -0.15) is 0 Å². The van der Waals surface area contributed by atoms with Gasteiger partial charge in [-0.3, -0.25) is 4.90 Å². The van der Waals surface area contributed by atoms with Crippen molar-refractivity contribution in [3.05, 3.63) is 0 Å². The minimum Gasteiger partial charge on any atom is -0.480 e. The molecule has 15 heavy (non-hydrogen) atoms. The highest BCUT2D eigenvalue weighted by atomic mass is 19.1. The summed E-state index contributed by atoms with van der Waals surface area (Å²) in [6.07, 6.45) is -3.15. The summed E-state index contributed by atoms with van der Waals surface area (Å²) in [6, 6.07) is -1.62. The number of alkyl halides is 1. The van der Waals surface area contributed by atoms with Gasteiger partial charge in [0.05, 0.1) is 6.61 Å². The standard InChI is InChI=1S/C8H12FNO5/c1-15-3-4-2-10(8(13)14)6(5(4)9)7(11)12/h4-6H,2-3H2,1H3,(H,11,12)(H,13,14). The molecule has 0 saturated carbocycles. The number of halogens is 1. The first-order chi connectivity index (χ1) is 6.99. The molecular formula is C8H12FNO5. The molecule has 1 saturated heterocycles. The highest BCUT2D eigenvalue weighted by Gasteiger charge is 2.48. The smallest absolute Gasteiger partial charge is 0.408 e. The summed E-state index contributed by atoms with van der Waals surface area (Å²) < 4.78 is 18.2. The third-order valence-corrected chi connectivity index (χ3v) is 2.40. The number of hydrogen-bond acceptors (Lipinski definition) is 3. The Kier molecular flexibility index (Phi) is 3.46. The van der Waals surface area contributed by atoms with Crippen LogP contribution in [0.15, 0.2) is 0 Å². The Balaban J connectivity index is 2.82. The van der Waals surface area contributed by atoms with Crippen molar-refractivity contribution in [2.75, 3.05) is 20.3 Å². The normalized spacial score (nSPS) is 30.5. The highest BCUT2D eigenvalue weighted by molar-refractivity contribution is 5.80. The topological polar surface area (TPSA) is 87.1 Å². The van der Waals surface area contributed by atoms with Crippen molar-refractivity contribution in [2.24, 2.45) is 5.92 Å². The number of carboxylic acid groups (broad SMARTS) is 2. The summed E-state index contributed by atoms with van der Waals surface area (Å²) >= 11 is 0. The summed E-state index contributed by atoms with van der Waals surface area (Å²) in [5.74, 6) is -2.18. The van der Waals surface area contributed by atoms with Crippen molar-refractivity contribution >= 4 is 12.1 Å². The first-order valence-corrected chi connectivity index (χ1v) is 4.34. The molecule has 0 aromatic carbocycles. The van der Waals surface area contributed by atoms with Crippen molar-refractivity contribution in [3.8, 4) is 0 Å². The molecule has 1 rings (SSSR count). The number of carbonyl (C=O) groups is 2. The molecule has 6 nitrogen and oxygen atoms in total. The second-order valence-corrected chi connectivity index (χ2v) is 3.38. The molecule has 0 aliphatic carbocycles. The lowest BCUT2D eigenvalue weighted by atomic mass is 10.0. The summed E-state index contributed by atoms with van der Waals surface area (Å²) in [7, 11) is 1.35. The van der Waals surface area contributed by atoms with E-state index in [1.807, 2.05) is 0 Å². The third kappa shape index (κ3) is 2.17. The monoisotopic (exact) mass is 221 g/mol. The number of hydrogen-bond donors (Lipinski definition) is 2. The number of aliphatic carboxylic acids is 1. The van der Waals surface area contributed by atoms with Gasteiger partial charge in [0.15, 0.2) is 6.04 Å². The quantitative estimate of drug-likeness (QED) is 0.702. The van der Waals surface area contributed by atoms with Crippen molar-refractivity contribution in [2.45, 2.75) is 12.2 Å². The summed E-state index contributed by atoms with van der Waals surface area (Å²) in [4.78, 5) is 22.0. The van der Waals surface area contributed by atoms with Crippen LogP contribution in [0.4, 0.5) is 9.18 Å². The van der Waals surface area contributed by atoms with Crippen LogP contribution in [0.1, 0.15) is 0 Å². The van der Waals surface area contributed by atoms with Gasteiger partial charge in [-0.25, -0.2) is 14.0 Å². The van der Waals surface area contributed by atoms with Crippen LogP contribution in [-0.4, -0.2) is 59.7 Å². The second kappa shape index (κ2) is 4.43. The number of methoxy groups -OCH3 is 1. The van der Waals surface area contributed by atoms with E-state index < -0.39 is 30.2 Å². The van der Waals surface area contributed by atoms with Gasteiger partial charge in [-0.15, -0.1) is 0 Å². The zero-order chi connectivity index (χ0) is 11.6. The molecule has 0 bridgehead atoms. The fraction of sp³-hybridized carbons (Fsp3) is 0.750. The van der Waals surface area contributed by atoms with E-state index in [1.165, 1.54) is 7.11 Å². The van der Waals surface area contributed by atoms with Crippen molar-refractivity contribution in [1.29, 1.82) is 0 Å². The van der Waals surface area contributed by atoms with Crippen LogP contribution in [0, 0.1) is 5.92 Å². The predicted molar refractivity (Wildman–Crippen MR) is 46.4 cm³/mol. The minimum atomic E-state index is -1.72. The number of likely N-dealkylation sites (tertiary alicyclic amines) is 1. The van der Waals surface area contributed by atoms with Gasteiger partial charge in [-0.1, -0.05) is 0 Å². The van der Waals surface area contributed by atoms with Crippen LogP contribution >= 0.6 is 0 Å². The number of nitrogens with zero attached hydrogens (tertiary/aromatic N) is 1. The molecule has 7 heteroatoms. The molecule has 1 heterocycles. The number of carboxylic acids is 1. The molecule has 3 atom stereocenters. The fourth-order valence-electron chi connectivity index (χ4n) is 1.72. The molecule has 0 radical (unpaired) electrons. The number of rotatable bonds is 3. The van der Waals surface area contributed by atoms with E-state index in [4.69, 9.17) is 14.9 Å². The van der Waals surface area contributed by atoms with Crippen LogP contribution in [-0.2, 0) is 9.53 Å². The Bertz CT molecular complexity index is 272. The Labute approximate surface area is 85.2 Å². The maximum Gasteiger partial charge on any atom is 0.408 e. The second-order valence-electron chi connectivity index (χ2n) is 3.38. The highest BCUT2D eigenvalue weighted by Crippen LogP contribution is 2.27. The Morgan fingerprint density at radius 3 is 2.47 bits per heavy atom. The lowest BCUT2D eigenvalue weighted by Crippen LogP contribution is -2.43. The van der Waals surface area contributed by atoms with E-state index in [9.17, 15) is 14.0 Å². The first kappa shape index (κ1) is 11.7. The van der Waals surface area contributed by atoms with Gasteiger partial charge < -0.3 is 14.9 Å². The first-order valence-electron chi connectivity index (χ1n) is 4.34. The van der Waals surface area contributed by atoms with Gasteiger partial charge in [0.2, 0.25) is 0 Å². The van der Waals surface area contributed by atoms with Crippen molar-refractivity contribution in [3.63, 3.8) is 0 Å². The van der Waals surface area contributed by atoms with E-state index in [-0.39, 0.29) is 13.2 Å². The van der Waals surface area contributed by atoms with Crippen LogP contribution in [0.25, 0.3) is 0 Å². The molecule has 0 aromatic heterocycles. The Morgan fingerprint density at radius 1 is 1.53 bits per heavy atom. The molecular weight excluding hydrogens is 209 g/mol. The van der Waals surface area contributed by atoms with E-state index >= 15 is 0 Å².